The predicted molar refractivity (Wildman–Crippen MR) is 101 cm³/mol. The van der Waals surface area contributed by atoms with Gasteiger partial charge in [-0.2, -0.15) is 0 Å². The minimum absolute atomic E-state index is 0.0913. The van der Waals surface area contributed by atoms with Gasteiger partial charge in [-0.1, -0.05) is 18.2 Å². The van der Waals surface area contributed by atoms with E-state index >= 15 is 0 Å². The molecular weight excluding hydrogens is 360 g/mol. The van der Waals surface area contributed by atoms with Crippen molar-refractivity contribution in [2.45, 2.75) is 6.92 Å². The summed E-state index contributed by atoms with van der Waals surface area (Å²) in [6, 6.07) is 13.6. The van der Waals surface area contributed by atoms with E-state index in [2.05, 4.69) is 0 Å². The van der Waals surface area contributed by atoms with E-state index in [1.54, 1.807) is 44.4 Å². The van der Waals surface area contributed by atoms with E-state index in [4.69, 9.17) is 18.6 Å². The van der Waals surface area contributed by atoms with Crippen molar-refractivity contribution in [3.63, 3.8) is 0 Å². The first-order chi connectivity index (χ1) is 13.6. The third kappa shape index (κ3) is 3.05. The fourth-order valence-corrected chi connectivity index (χ4v) is 2.95. The van der Waals surface area contributed by atoms with Gasteiger partial charge in [0.05, 0.1) is 18.9 Å². The monoisotopic (exact) mass is 376 g/mol. The highest BCUT2D eigenvalue weighted by Gasteiger charge is 2.31. The molecule has 6 nitrogen and oxygen atoms in total. The number of hydrogen-bond donors (Lipinski definition) is 0. The van der Waals surface area contributed by atoms with Gasteiger partial charge in [0.2, 0.25) is 11.5 Å². The molecule has 3 aromatic rings. The second kappa shape index (κ2) is 7.08. The van der Waals surface area contributed by atoms with Crippen molar-refractivity contribution in [3.8, 4) is 17.2 Å². The Labute approximate surface area is 160 Å². The summed E-state index contributed by atoms with van der Waals surface area (Å²) in [5, 5.41) is 0. The summed E-state index contributed by atoms with van der Waals surface area (Å²) in [5.41, 5.74) is 1.69. The molecule has 4 rings (SSSR count). The lowest BCUT2D eigenvalue weighted by atomic mass is 10.1. The molecule has 1 aliphatic heterocycles. The van der Waals surface area contributed by atoms with Gasteiger partial charge in [-0.15, -0.1) is 0 Å². The summed E-state index contributed by atoms with van der Waals surface area (Å²) >= 11 is 0. The minimum atomic E-state index is -0.623. The number of ketones is 1. The molecule has 0 spiro atoms. The number of allylic oxidation sites excluding steroid dienone is 1. The van der Waals surface area contributed by atoms with Crippen molar-refractivity contribution >= 4 is 17.8 Å². The molecule has 0 unspecified atom stereocenters. The number of hydrogen-bond acceptors (Lipinski definition) is 6. The largest absolute Gasteiger partial charge is 0.496 e. The molecule has 2 heterocycles. The van der Waals surface area contributed by atoms with E-state index in [1.165, 1.54) is 12.3 Å². The quantitative estimate of drug-likeness (QED) is 0.381. The maximum absolute atomic E-state index is 12.7. The highest BCUT2D eigenvalue weighted by atomic mass is 16.5. The number of rotatable bonds is 4. The van der Waals surface area contributed by atoms with Crippen molar-refractivity contribution in [2.75, 3.05) is 7.11 Å². The van der Waals surface area contributed by atoms with Crippen LogP contribution in [-0.4, -0.2) is 18.9 Å². The number of ether oxygens (including phenoxy) is 3. The van der Waals surface area contributed by atoms with E-state index in [0.29, 0.717) is 28.4 Å². The van der Waals surface area contributed by atoms with Crippen LogP contribution >= 0.6 is 0 Å². The van der Waals surface area contributed by atoms with Gasteiger partial charge >= 0.3 is 5.97 Å². The van der Waals surface area contributed by atoms with Crippen LogP contribution in [0.25, 0.3) is 6.08 Å². The van der Waals surface area contributed by atoms with Crippen LogP contribution in [0.4, 0.5) is 0 Å². The van der Waals surface area contributed by atoms with Crippen LogP contribution in [-0.2, 0) is 0 Å². The van der Waals surface area contributed by atoms with Crippen molar-refractivity contribution < 1.29 is 28.2 Å². The van der Waals surface area contributed by atoms with Crippen molar-refractivity contribution in [1.82, 2.24) is 0 Å². The van der Waals surface area contributed by atoms with E-state index in [9.17, 15) is 9.59 Å². The highest BCUT2D eigenvalue weighted by Crippen LogP contribution is 2.40. The van der Waals surface area contributed by atoms with Gasteiger partial charge < -0.3 is 18.6 Å². The van der Waals surface area contributed by atoms with Gasteiger partial charge in [0, 0.05) is 11.1 Å². The molecule has 0 saturated carbocycles. The smallest absolute Gasteiger partial charge is 0.379 e. The summed E-state index contributed by atoms with van der Waals surface area (Å²) in [7, 11) is 1.56. The lowest BCUT2D eigenvalue weighted by Gasteiger charge is -2.09. The van der Waals surface area contributed by atoms with Crippen LogP contribution < -0.4 is 14.2 Å². The summed E-state index contributed by atoms with van der Waals surface area (Å²) in [5.74, 6) is 0.704. The first-order valence-corrected chi connectivity index (χ1v) is 8.55. The van der Waals surface area contributed by atoms with Crippen LogP contribution in [0.1, 0.15) is 32.0 Å². The fourth-order valence-electron chi connectivity index (χ4n) is 2.95. The Morgan fingerprint density at radius 1 is 1.04 bits per heavy atom. The number of methoxy groups -OCH3 is 1. The number of carbonyl (C=O) groups excluding carboxylic acids is 2. The van der Waals surface area contributed by atoms with E-state index in [0.717, 1.165) is 5.56 Å². The number of fused-ring (bicyclic) bond motifs is 1. The molecule has 1 aliphatic rings. The molecule has 0 N–H and O–H groups in total. The molecule has 0 radical (unpaired) electrons. The standard InChI is InChI=1S/C22H16O6/c1-13-16(28-22(24)18-8-5-11-26-18)10-9-15-20(23)19(27-21(13)15)12-14-6-3-4-7-17(14)25-2/h3-12H,1-2H3/b19-12-. The number of carbonyl (C=O) groups is 2. The van der Waals surface area contributed by atoms with E-state index in [-0.39, 0.29) is 17.3 Å². The molecule has 0 aliphatic carbocycles. The van der Waals surface area contributed by atoms with E-state index in [1.807, 2.05) is 18.2 Å². The number of para-hydroxylation sites is 1. The fraction of sp³-hybridized carbons (Fsp3) is 0.0909. The summed E-state index contributed by atoms with van der Waals surface area (Å²) in [6.45, 7) is 1.73. The molecule has 0 atom stereocenters. The van der Waals surface area contributed by atoms with Crippen molar-refractivity contribution in [1.29, 1.82) is 0 Å². The number of benzene rings is 2. The lowest BCUT2D eigenvalue weighted by molar-refractivity contribution is 0.0700. The molecule has 140 valence electrons. The van der Waals surface area contributed by atoms with E-state index < -0.39 is 5.97 Å². The van der Waals surface area contributed by atoms with Crippen molar-refractivity contribution in [3.05, 3.63) is 83.0 Å². The Hall–Kier alpha value is -3.80. The third-order valence-corrected chi connectivity index (χ3v) is 4.39. The van der Waals surface area contributed by atoms with Crippen LogP contribution in [0.2, 0.25) is 0 Å². The second-order valence-electron chi connectivity index (χ2n) is 6.11. The zero-order valence-corrected chi connectivity index (χ0v) is 15.2. The van der Waals surface area contributed by atoms with Gasteiger partial charge in [-0.25, -0.2) is 4.79 Å². The highest BCUT2D eigenvalue weighted by molar-refractivity contribution is 6.15. The zero-order chi connectivity index (χ0) is 19.7. The van der Waals surface area contributed by atoms with Crippen LogP contribution in [0.5, 0.6) is 17.2 Å². The second-order valence-corrected chi connectivity index (χ2v) is 6.11. The molecule has 0 amide bonds. The summed E-state index contributed by atoms with van der Waals surface area (Å²) < 4.78 is 21.5. The molecule has 0 fully saturated rings. The summed E-state index contributed by atoms with van der Waals surface area (Å²) in [6.07, 6.45) is 3.03. The first kappa shape index (κ1) is 17.6. The molecule has 28 heavy (non-hydrogen) atoms. The van der Waals surface area contributed by atoms with Gasteiger partial charge in [0.1, 0.15) is 17.2 Å². The number of Topliss-reactive ketones (excluding diaryl/α,β-unsaturated/α-hetero) is 1. The average molecular weight is 376 g/mol. The van der Waals surface area contributed by atoms with Crippen LogP contribution in [0.15, 0.2) is 65.0 Å². The van der Waals surface area contributed by atoms with Gasteiger partial charge in [-0.3, -0.25) is 4.79 Å². The van der Waals surface area contributed by atoms with Crippen molar-refractivity contribution in [2.24, 2.45) is 0 Å². The van der Waals surface area contributed by atoms with Gasteiger partial charge in [-0.05, 0) is 43.3 Å². The lowest BCUT2D eigenvalue weighted by Crippen LogP contribution is -2.08. The third-order valence-electron chi connectivity index (χ3n) is 4.39. The molecular formula is C22H16O6. The van der Waals surface area contributed by atoms with Crippen LogP contribution in [0, 0.1) is 6.92 Å². The predicted octanol–water partition coefficient (Wildman–Crippen LogP) is 4.43. The normalized spacial score (nSPS) is 13.9. The minimum Gasteiger partial charge on any atom is -0.496 e. The Morgan fingerprint density at radius 3 is 2.61 bits per heavy atom. The Kier molecular flexibility index (Phi) is 4.45. The molecule has 2 aromatic carbocycles. The maximum Gasteiger partial charge on any atom is 0.379 e. The number of furan rings is 1. The number of esters is 1. The summed E-state index contributed by atoms with van der Waals surface area (Å²) in [4.78, 5) is 24.8. The zero-order valence-electron chi connectivity index (χ0n) is 15.2. The van der Waals surface area contributed by atoms with Gasteiger partial charge in [0.15, 0.2) is 5.76 Å². The van der Waals surface area contributed by atoms with Crippen LogP contribution in [0.3, 0.4) is 0 Å². The molecule has 6 heteroatoms. The Morgan fingerprint density at radius 2 is 1.86 bits per heavy atom. The molecule has 1 aromatic heterocycles. The Bertz CT molecular complexity index is 1090. The maximum atomic E-state index is 12.7. The van der Waals surface area contributed by atoms with Gasteiger partial charge in [0.25, 0.3) is 0 Å². The first-order valence-electron chi connectivity index (χ1n) is 8.55. The Balaban J connectivity index is 1.65. The SMILES string of the molecule is COc1ccccc1/C=C1\Oc2c(ccc(OC(=O)c3ccco3)c2C)C1=O. The molecule has 0 bridgehead atoms. The average Bonchev–Trinajstić information content (AvgIpc) is 3.34. The molecule has 0 saturated heterocycles. The topological polar surface area (TPSA) is 75.0 Å².